The molecule has 0 amide bonds. The lowest BCUT2D eigenvalue weighted by molar-refractivity contribution is -0.137. The van der Waals surface area contributed by atoms with Crippen LogP contribution in [0.4, 0.5) is 0 Å². The molecule has 6 heteroatoms. The zero-order valence-corrected chi connectivity index (χ0v) is 8.10. The fourth-order valence-electron chi connectivity index (χ4n) is 1.62. The van der Waals surface area contributed by atoms with Crippen LogP contribution in [0.5, 0.6) is 0 Å². The normalized spacial score (nSPS) is 17.1. The predicted molar refractivity (Wildman–Crippen MR) is 49.0 cm³/mol. The Kier molecular flexibility index (Phi) is 2.70. The quantitative estimate of drug-likeness (QED) is 0.743. The molecular weight excluding hydrogens is 200 g/mol. The standard InChI is InChI=1S/C9H12N2O4/c10-6(3-8(12)13)9-5-4-14-2-1-7(5)11-15-9/h6H,1-4,10H2,(H,12,13). The van der Waals surface area contributed by atoms with E-state index in [4.69, 9.17) is 20.1 Å². The Labute approximate surface area is 86.0 Å². The van der Waals surface area contributed by atoms with Gasteiger partial charge in [-0.2, -0.15) is 0 Å². The molecule has 1 atom stereocenters. The molecule has 1 aliphatic rings. The van der Waals surface area contributed by atoms with Crippen LogP contribution in [0.2, 0.25) is 0 Å². The summed E-state index contributed by atoms with van der Waals surface area (Å²) in [6.07, 6.45) is 0.528. The first-order valence-corrected chi connectivity index (χ1v) is 4.71. The Hall–Kier alpha value is -1.40. The fourth-order valence-corrected chi connectivity index (χ4v) is 1.62. The SMILES string of the molecule is NC(CC(=O)O)c1onc2c1COCC2. The molecule has 0 fully saturated rings. The molecule has 1 aromatic heterocycles. The number of carboxylic acids is 1. The maximum absolute atomic E-state index is 10.5. The van der Waals surface area contributed by atoms with Crippen molar-refractivity contribution in [2.45, 2.75) is 25.5 Å². The van der Waals surface area contributed by atoms with Crippen molar-refractivity contribution in [3.05, 3.63) is 17.0 Å². The number of aliphatic carboxylic acids is 1. The van der Waals surface area contributed by atoms with E-state index >= 15 is 0 Å². The maximum atomic E-state index is 10.5. The van der Waals surface area contributed by atoms with Crippen molar-refractivity contribution in [3.8, 4) is 0 Å². The van der Waals surface area contributed by atoms with Gasteiger partial charge in [0.25, 0.3) is 0 Å². The maximum Gasteiger partial charge on any atom is 0.305 e. The second-order valence-corrected chi connectivity index (χ2v) is 3.48. The number of carboxylic acid groups (broad SMARTS) is 1. The van der Waals surface area contributed by atoms with Crippen LogP contribution in [-0.2, 0) is 22.6 Å². The number of ether oxygens (including phenoxy) is 1. The summed E-state index contributed by atoms with van der Waals surface area (Å²) < 4.78 is 10.3. The van der Waals surface area contributed by atoms with Gasteiger partial charge in [0.2, 0.25) is 0 Å². The molecule has 0 spiro atoms. The number of rotatable bonds is 3. The Morgan fingerprint density at radius 1 is 1.67 bits per heavy atom. The van der Waals surface area contributed by atoms with Crippen LogP contribution in [0.1, 0.15) is 29.5 Å². The fraction of sp³-hybridized carbons (Fsp3) is 0.556. The number of hydrogen-bond acceptors (Lipinski definition) is 5. The summed E-state index contributed by atoms with van der Waals surface area (Å²) in [6, 6.07) is -0.652. The summed E-state index contributed by atoms with van der Waals surface area (Å²) in [6.45, 7) is 1.02. The van der Waals surface area contributed by atoms with Gasteiger partial charge in [-0.25, -0.2) is 0 Å². The van der Waals surface area contributed by atoms with Crippen molar-refractivity contribution in [2.75, 3.05) is 6.61 Å². The largest absolute Gasteiger partial charge is 0.481 e. The highest BCUT2D eigenvalue weighted by Gasteiger charge is 2.25. The molecule has 3 N–H and O–H groups in total. The van der Waals surface area contributed by atoms with Crippen molar-refractivity contribution in [1.82, 2.24) is 5.16 Å². The van der Waals surface area contributed by atoms with Gasteiger partial charge in [0, 0.05) is 12.0 Å². The van der Waals surface area contributed by atoms with E-state index in [1.807, 2.05) is 0 Å². The zero-order chi connectivity index (χ0) is 10.8. The molecule has 2 rings (SSSR count). The summed E-state index contributed by atoms with van der Waals surface area (Å²) in [4.78, 5) is 10.5. The lowest BCUT2D eigenvalue weighted by Gasteiger charge is -2.12. The summed E-state index contributed by atoms with van der Waals surface area (Å²) in [5, 5.41) is 12.5. The van der Waals surface area contributed by atoms with Gasteiger partial charge in [-0.3, -0.25) is 4.79 Å². The number of aromatic nitrogens is 1. The van der Waals surface area contributed by atoms with Gasteiger partial charge in [-0.05, 0) is 0 Å². The number of hydrogen-bond donors (Lipinski definition) is 2. The van der Waals surface area contributed by atoms with Crippen LogP contribution in [-0.4, -0.2) is 22.8 Å². The molecule has 2 heterocycles. The van der Waals surface area contributed by atoms with Gasteiger partial charge in [0.15, 0.2) is 5.76 Å². The third kappa shape index (κ3) is 2.00. The third-order valence-electron chi connectivity index (χ3n) is 2.36. The van der Waals surface area contributed by atoms with Crippen LogP contribution in [0.15, 0.2) is 4.52 Å². The van der Waals surface area contributed by atoms with Crippen LogP contribution in [0.3, 0.4) is 0 Å². The molecule has 1 unspecified atom stereocenters. The first-order chi connectivity index (χ1) is 7.18. The Morgan fingerprint density at radius 2 is 2.47 bits per heavy atom. The highest BCUT2D eigenvalue weighted by molar-refractivity contribution is 5.67. The van der Waals surface area contributed by atoms with Gasteiger partial charge in [0.05, 0.1) is 31.4 Å². The van der Waals surface area contributed by atoms with Crippen LogP contribution < -0.4 is 5.73 Å². The van der Waals surface area contributed by atoms with Gasteiger partial charge < -0.3 is 20.1 Å². The summed E-state index contributed by atoms with van der Waals surface area (Å²) >= 11 is 0. The van der Waals surface area contributed by atoms with Crippen LogP contribution >= 0.6 is 0 Å². The lowest BCUT2D eigenvalue weighted by Crippen LogP contribution is -2.18. The van der Waals surface area contributed by atoms with E-state index in [1.54, 1.807) is 0 Å². The minimum atomic E-state index is -0.954. The minimum absolute atomic E-state index is 0.165. The first kappa shape index (κ1) is 10.1. The smallest absolute Gasteiger partial charge is 0.305 e. The highest BCUT2D eigenvalue weighted by atomic mass is 16.5. The van der Waals surface area contributed by atoms with Crippen molar-refractivity contribution in [1.29, 1.82) is 0 Å². The van der Waals surface area contributed by atoms with E-state index in [2.05, 4.69) is 5.16 Å². The summed E-state index contributed by atoms with van der Waals surface area (Å²) in [5.41, 5.74) is 7.34. The molecule has 0 aromatic carbocycles. The second-order valence-electron chi connectivity index (χ2n) is 3.48. The van der Waals surface area contributed by atoms with Gasteiger partial charge in [0.1, 0.15) is 0 Å². The number of nitrogens with two attached hydrogens (primary N) is 1. The van der Waals surface area contributed by atoms with E-state index in [9.17, 15) is 4.79 Å². The molecule has 1 aliphatic heterocycles. The van der Waals surface area contributed by atoms with Crippen molar-refractivity contribution < 1.29 is 19.2 Å². The molecule has 15 heavy (non-hydrogen) atoms. The molecule has 0 saturated carbocycles. The van der Waals surface area contributed by atoms with Crippen molar-refractivity contribution >= 4 is 5.97 Å². The molecule has 0 aliphatic carbocycles. The number of fused-ring (bicyclic) bond motifs is 1. The Bertz CT molecular complexity index is 374. The van der Waals surface area contributed by atoms with Crippen LogP contribution in [0, 0.1) is 0 Å². The van der Waals surface area contributed by atoms with Gasteiger partial charge in [-0.1, -0.05) is 5.16 Å². The number of nitrogens with zero attached hydrogens (tertiary/aromatic N) is 1. The Balaban J connectivity index is 2.20. The van der Waals surface area contributed by atoms with Crippen molar-refractivity contribution in [3.63, 3.8) is 0 Å². The molecular formula is C9H12N2O4. The predicted octanol–water partition coefficient (Wildman–Crippen LogP) is 0.222. The van der Waals surface area contributed by atoms with Gasteiger partial charge in [-0.15, -0.1) is 0 Å². The number of carbonyl (C=O) groups is 1. The van der Waals surface area contributed by atoms with Crippen LogP contribution in [0.25, 0.3) is 0 Å². The highest BCUT2D eigenvalue weighted by Crippen LogP contribution is 2.25. The molecule has 1 aromatic rings. The average Bonchev–Trinajstić information content (AvgIpc) is 2.59. The second kappa shape index (κ2) is 4.00. The first-order valence-electron chi connectivity index (χ1n) is 4.71. The van der Waals surface area contributed by atoms with E-state index in [0.717, 1.165) is 11.3 Å². The monoisotopic (exact) mass is 212 g/mol. The molecule has 0 bridgehead atoms. The summed E-state index contributed by atoms with van der Waals surface area (Å²) in [5.74, 6) is -0.517. The molecule has 6 nitrogen and oxygen atoms in total. The van der Waals surface area contributed by atoms with E-state index < -0.39 is 12.0 Å². The molecule has 82 valence electrons. The van der Waals surface area contributed by atoms with E-state index in [-0.39, 0.29) is 6.42 Å². The van der Waals surface area contributed by atoms with E-state index in [0.29, 0.717) is 25.4 Å². The lowest BCUT2D eigenvalue weighted by atomic mass is 10.0. The van der Waals surface area contributed by atoms with Gasteiger partial charge >= 0.3 is 5.97 Å². The topological polar surface area (TPSA) is 98.6 Å². The third-order valence-corrected chi connectivity index (χ3v) is 2.36. The summed E-state index contributed by atoms with van der Waals surface area (Å²) in [7, 11) is 0. The Morgan fingerprint density at radius 3 is 3.20 bits per heavy atom. The van der Waals surface area contributed by atoms with Crippen molar-refractivity contribution in [2.24, 2.45) is 5.73 Å². The average molecular weight is 212 g/mol. The zero-order valence-electron chi connectivity index (χ0n) is 8.10. The minimum Gasteiger partial charge on any atom is -0.481 e. The van der Waals surface area contributed by atoms with E-state index in [1.165, 1.54) is 0 Å². The molecule has 0 saturated heterocycles. The molecule has 0 radical (unpaired) electrons.